The number of rotatable bonds is 7. The number of methoxy groups -OCH3 is 2. The van der Waals surface area contributed by atoms with Crippen LogP contribution in [0.3, 0.4) is 0 Å². The van der Waals surface area contributed by atoms with E-state index in [-0.39, 0.29) is 0 Å². The molecule has 0 aliphatic rings. The van der Waals surface area contributed by atoms with Crippen molar-refractivity contribution in [3.8, 4) is 11.5 Å². The van der Waals surface area contributed by atoms with Crippen molar-refractivity contribution >= 4 is 23.1 Å². The quantitative estimate of drug-likeness (QED) is 0.768. The third kappa shape index (κ3) is 3.93. The van der Waals surface area contributed by atoms with E-state index < -0.39 is 0 Å². The summed E-state index contributed by atoms with van der Waals surface area (Å²) >= 11 is 3.45. The van der Waals surface area contributed by atoms with Crippen LogP contribution in [0.4, 0.5) is 0 Å². The third-order valence-corrected chi connectivity index (χ3v) is 4.95. The molecule has 0 saturated carbocycles. The zero-order chi connectivity index (χ0) is 15.2. The zero-order valence-corrected chi connectivity index (χ0v) is 14.4. The second kappa shape index (κ2) is 7.73. The lowest BCUT2D eigenvalue weighted by Crippen LogP contribution is -2.18. The Morgan fingerprint density at radius 2 is 1.95 bits per heavy atom. The largest absolute Gasteiger partial charge is 0.493 e. The highest BCUT2D eigenvalue weighted by atomic mass is 32.2. The summed E-state index contributed by atoms with van der Waals surface area (Å²) in [5.41, 5.74) is 2.55. The van der Waals surface area contributed by atoms with Gasteiger partial charge in [-0.15, -0.1) is 11.8 Å². The Morgan fingerprint density at radius 3 is 2.52 bits per heavy atom. The molecular formula is C16H21NO2S2. The Bertz CT molecular complexity index is 570. The van der Waals surface area contributed by atoms with Gasteiger partial charge in [0.2, 0.25) is 0 Å². The minimum Gasteiger partial charge on any atom is -0.493 e. The molecule has 3 nitrogen and oxygen atoms in total. The number of ether oxygens (including phenoxy) is 2. The lowest BCUT2D eigenvalue weighted by atomic mass is 10.1. The van der Waals surface area contributed by atoms with Crippen LogP contribution in [-0.2, 0) is 6.54 Å². The van der Waals surface area contributed by atoms with Gasteiger partial charge in [0.15, 0.2) is 11.5 Å². The highest BCUT2D eigenvalue weighted by molar-refractivity contribution is 7.98. The molecule has 1 aromatic carbocycles. The first kappa shape index (κ1) is 16.2. The van der Waals surface area contributed by atoms with Gasteiger partial charge in [0.1, 0.15) is 0 Å². The number of benzene rings is 1. The first-order valence-electron chi connectivity index (χ1n) is 6.74. The van der Waals surface area contributed by atoms with Gasteiger partial charge in [-0.2, -0.15) is 11.3 Å². The predicted molar refractivity (Wildman–Crippen MR) is 90.9 cm³/mol. The van der Waals surface area contributed by atoms with Crippen LogP contribution < -0.4 is 14.8 Å². The molecule has 0 saturated heterocycles. The van der Waals surface area contributed by atoms with Gasteiger partial charge in [-0.3, -0.25) is 0 Å². The summed E-state index contributed by atoms with van der Waals surface area (Å²) in [6, 6.07) is 6.58. The number of nitrogens with one attached hydrogen (secondary N) is 1. The highest BCUT2D eigenvalue weighted by Gasteiger charge is 2.12. The smallest absolute Gasteiger partial charge is 0.161 e. The minimum absolute atomic E-state index is 0.332. The van der Waals surface area contributed by atoms with Gasteiger partial charge < -0.3 is 14.8 Å². The van der Waals surface area contributed by atoms with Gasteiger partial charge in [0, 0.05) is 17.5 Å². The summed E-state index contributed by atoms with van der Waals surface area (Å²) in [6.07, 6.45) is 2.08. The van der Waals surface area contributed by atoms with Crippen molar-refractivity contribution in [1.82, 2.24) is 5.32 Å². The number of thiophene rings is 1. The SMILES string of the molecule is COc1cc(CNC(C)c2ccsc2)c(SC)cc1OC. The zero-order valence-electron chi connectivity index (χ0n) is 12.8. The maximum Gasteiger partial charge on any atom is 0.161 e. The second-order valence-corrected chi connectivity index (χ2v) is 6.31. The average molecular weight is 323 g/mol. The molecule has 1 atom stereocenters. The first-order chi connectivity index (χ1) is 10.2. The van der Waals surface area contributed by atoms with Crippen molar-refractivity contribution in [3.05, 3.63) is 40.1 Å². The molecule has 0 bridgehead atoms. The van der Waals surface area contributed by atoms with Crippen molar-refractivity contribution in [2.24, 2.45) is 0 Å². The molecule has 21 heavy (non-hydrogen) atoms. The van der Waals surface area contributed by atoms with Crippen LogP contribution in [0.5, 0.6) is 11.5 Å². The van der Waals surface area contributed by atoms with Gasteiger partial charge in [-0.25, -0.2) is 0 Å². The van der Waals surface area contributed by atoms with Crippen molar-refractivity contribution in [2.75, 3.05) is 20.5 Å². The summed E-state index contributed by atoms with van der Waals surface area (Å²) in [4.78, 5) is 1.21. The van der Waals surface area contributed by atoms with E-state index in [0.717, 1.165) is 18.0 Å². The number of hydrogen-bond acceptors (Lipinski definition) is 5. The molecule has 0 fully saturated rings. The second-order valence-electron chi connectivity index (χ2n) is 4.68. The van der Waals surface area contributed by atoms with Crippen molar-refractivity contribution in [1.29, 1.82) is 0 Å². The molecule has 0 amide bonds. The maximum atomic E-state index is 5.40. The Morgan fingerprint density at radius 1 is 1.24 bits per heavy atom. The molecular weight excluding hydrogens is 302 g/mol. The fourth-order valence-corrected chi connectivity index (χ4v) is 3.51. The molecule has 1 heterocycles. The van der Waals surface area contributed by atoms with Gasteiger partial charge in [-0.1, -0.05) is 0 Å². The summed E-state index contributed by atoms with van der Waals surface area (Å²) < 4.78 is 10.8. The molecule has 2 rings (SSSR count). The van der Waals surface area contributed by atoms with Crippen LogP contribution in [0.25, 0.3) is 0 Å². The monoisotopic (exact) mass is 323 g/mol. The Hall–Kier alpha value is -1.17. The van der Waals surface area contributed by atoms with E-state index in [2.05, 4.69) is 41.4 Å². The van der Waals surface area contributed by atoms with E-state index in [9.17, 15) is 0 Å². The van der Waals surface area contributed by atoms with Gasteiger partial charge >= 0.3 is 0 Å². The summed E-state index contributed by atoms with van der Waals surface area (Å²) in [6.45, 7) is 2.98. The van der Waals surface area contributed by atoms with E-state index in [4.69, 9.17) is 9.47 Å². The Balaban J connectivity index is 2.15. The van der Waals surface area contributed by atoms with Gasteiger partial charge in [0.25, 0.3) is 0 Å². The molecule has 0 aliphatic carbocycles. The molecule has 0 radical (unpaired) electrons. The van der Waals surface area contributed by atoms with Crippen molar-refractivity contribution in [3.63, 3.8) is 0 Å². The predicted octanol–water partition coefficient (Wildman–Crippen LogP) is 4.34. The van der Waals surface area contributed by atoms with Gasteiger partial charge in [0.05, 0.1) is 14.2 Å². The molecule has 5 heteroatoms. The molecule has 2 aromatic rings. The molecule has 0 spiro atoms. The lowest BCUT2D eigenvalue weighted by Gasteiger charge is -2.17. The Kier molecular flexibility index (Phi) is 5.96. The topological polar surface area (TPSA) is 30.5 Å². The molecule has 1 unspecified atom stereocenters. The van der Waals surface area contributed by atoms with Crippen LogP contribution >= 0.6 is 23.1 Å². The van der Waals surface area contributed by atoms with Crippen molar-refractivity contribution in [2.45, 2.75) is 24.4 Å². The Labute approximate surface area is 134 Å². The molecule has 1 aromatic heterocycles. The summed E-state index contributed by atoms with van der Waals surface area (Å²) in [5.74, 6) is 1.55. The van der Waals surface area contributed by atoms with E-state index in [1.807, 2.05) is 6.07 Å². The molecule has 0 aliphatic heterocycles. The summed E-state index contributed by atoms with van der Waals surface area (Å²) in [5, 5.41) is 7.85. The highest BCUT2D eigenvalue weighted by Crippen LogP contribution is 2.34. The van der Waals surface area contributed by atoms with Crippen LogP contribution in [0.15, 0.2) is 33.9 Å². The standard InChI is InChI=1S/C16H21NO2S2/c1-11(12-5-6-21-10-12)17-9-13-7-14(18-2)15(19-3)8-16(13)20-4/h5-8,10-11,17H,9H2,1-4H3. The summed E-state index contributed by atoms with van der Waals surface area (Å²) in [7, 11) is 3.33. The average Bonchev–Trinajstić information content (AvgIpc) is 3.06. The van der Waals surface area contributed by atoms with Crippen LogP contribution in [0.1, 0.15) is 24.1 Å². The maximum absolute atomic E-state index is 5.40. The van der Waals surface area contributed by atoms with Crippen LogP contribution in [0, 0.1) is 0 Å². The fourth-order valence-electron chi connectivity index (χ4n) is 2.13. The normalized spacial score (nSPS) is 12.2. The van der Waals surface area contributed by atoms with Crippen LogP contribution in [-0.4, -0.2) is 20.5 Å². The number of hydrogen-bond donors (Lipinski definition) is 1. The lowest BCUT2D eigenvalue weighted by molar-refractivity contribution is 0.353. The van der Waals surface area contributed by atoms with Gasteiger partial charge in [-0.05, 0) is 53.3 Å². The van der Waals surface area contributed by atoms with Crippen molar-refractivity contribution < 1.29 is 9.47 Å². The minimum atomic E-state index is 0.332. The fraction of sp³-hybridized carbons (Fsp3) is 0.375. The first-order valence-corrected chi connectivity index (χ1v) is 8.90. The number of thioether (sulfide) groups is 1. The van der Waals surface area contributed by atoms with E-state index in [1.54, 1.807) is 37.3 Å². The van der Waals surface area contributed by atoms with E-state index in [0.29, 0.717) is 6.04 Å². The van der Waals surface area contributed by atoms with Crippen LogP contribution in [0.2, 0.25) is 0 Å². The van der Waals surface area contributed by atoms with E-state index >= 15 is 0 Å². The van der Waals surface area contributed by atoms with E-state index in [1.165, 1.54) is 16.0 Å². The molecule has 1 N–H and O–H groups in total. The third-order valence-electron chi connectivity index (χ3n) is 3.43. The molecule has 114 valence electrons.